The molecule has 0 aliphatic rings. The van der Waals surface area contributed by atoms with Crippen LogP contribution in [0.25, 0.3) is 0 Å². The van der Waals surface area contributed by atoms with E-state index in [-0.39, 0.29) is 17.2 Å². The monoisotopic (exact) mass is 394 g/mol. The van der Waals surface area contributed by atoms with Crippen LogP contribution in [0.4, 0.5) is 5.69 Å². The second-order valence-corrected chi connectivity index (χ2v) is 7.73. The number of benzene rings is 1. The summed E-state index contributed by atoms with van der Waals surface area (Å²) in [5.74, 6) is -0.304. The standard InChI is InChI=1S/C17H22N4O3S2/c1-4-20(5-2)9-8-18-16(22)13-6-7-15(14(10-13)21(23)24)26-17-19-12(3)11-25-17/h6-7,10-11H,4-5,8-9H2,1-3H3,(H,18,22). The zero-order valence-corrected chi connectivity index (χ0v) is 16.7. The number of carbonyl (C=O) groups excluding carboxylic acids is 1. The first-order valence-corrected chi connectivity index (χ1v) is 10.0. The van der Waals surface area contributed by atoms with Gasteiger partial charge in [-0.15, -0.1) is 11.3 Å². The molecule has 7 nitrogen and oxygen atoms in total. The first kappa shape index (κ1) is 20.3. The van der Waals surface area contributed by atoms with Crippen molar-refractivity contribution in [1.29, 1.82) is 0 Å². The molecule has 9 heteroatoms. The highest BCUT2D eigenvalue weighted by Gasteiger charge is 2.19. The van der Waals surface area contributed by atoms with E-state index in [1.807, 2.05) is 12.3 Å². The number of nitrogens with one attached hydrogen (secondary N) is 1. The Kier molecular flexibility index (Phi) is 7.55. The second kappa shape index (κ2) is 9.65. The fourth-order valence-electron chi connectivity index (χ4n) is 2.33. The summed E-state index contributed by atoms with van der Waals surface area (Å²) in [7, 11) is 0. The average Bonchev–Trinajstić information content (AvgIpc) is 3.03. The third kappa shape index (κ3) is 5.52. The van der Waals surface area contributed by atoms with Crippen molar-refractivity contribution in [2.24, 2.45) is 0 Å². The number of hydrogen-bond acceptors (Lipinski definition) is 7. The van der Waals surface area contributed by atoms with Crippen LogP contribution in [0.1, 0.15) is 29.9 Å². The van der Waals surface area contributed by atoms with E-state index in [1.54, 1.807) is 12.1 Å². The van der Waals surface area contributed by atoms with E-state index < -0.39 is 4.92 Å². The maximum absolute atomic E-state index is 12.3. The number of amides is 1. The van der Waals surface area contributed by atoms with Gasteiger partial charge < -0.3 is 10.2 Å². The number of aromatic nitrogens is 1. The van der Waals surface area contributed by atoms with Crippen LogP contribution >= 0.6 is 23.1 Å². The lowest BCUT2D eigenvalue weighted by molar-refractivity contribution is -0.387. The Morgan fingerprint density at radius 3 is 2.69 bits per heavy atom. The van der Waals surface area contributed by atoms with Gasteiger partial charge >= 0.3 is 0 Å². The Balaban J connectivity index is 2.09. The van der Waals surface area contributed by atoms with Gasteiger partial charge in [0, 0.05) is 35.8 Å². The highest BCUT2D eigenvalue weighted by atomic mass is 32.2. The molecule has 0 spiro atoms. The predicted molar refractivity (Wildman–Crippen MR) is 104 cm³/mol. The average molecular weight is 395 g/mol. The first-order valence-electron chi connectivity index (χ1n) is 8.33. The van der Waals surface area contributed by atoms with Crippen LogP contribution in [0.3, 0.4) is 0 Å². The molecule has 1 aromatic carbocycles. The summed E-state index contributed by atoms with van der Waals surface area (Å²) in [6.07, 6.45) is 0. The smallest absolute Gasteiger partial charge is 0.284 e. The fourth-order valence-corrected chi connectivity index (χ4v) is 4.21. The Hall–Kier alpha value is -1.97. The fraction of sp³-hybridized carbons (Fsp3) is 0.412. The van der Waals surface area contributed by atoms with Crippen molar-refractivity contribution in [3.63, 3.8) is 0 Å². The Bertz CT molecular complexity index is 775. The van der Waals surface area contributed by atoms with Gasteiger partial charge in [-0.3, -0.25) is 14.9 Å². The molecule has 0 atom stereocenters. The van der Waals surface area contributed by atoms with Gasteiger partial charge in [0.2, 0.25) is 0 Å². The van der Waals surface area contributed by atoms with Crippen LogP contribution in [0.15, 0.2) is 32.8 Å². The van der Waals surface area contributed by atoms with Crippen molar-refractivity contribution in [2.45, 2.75) is 30.0 Å². The zero-order chi connectivity index (χ0) is 19.1. The van der Waals surface area contributed by atoms with Gasteiger partial charge in [-0.1, -0.05) is 25.6 Å². The van der Waals surface area contributed by atoms with Crippen LogP contribution in [-0.2, 0) is 0 Å². The van der Waals surface area contributed by atoms with Crippen molar-refractivity contribution in [1.82, 2.24) is 15.2 Å². The minimum Gasteiger partial charge on any atom is -0.351 e. The number of thiazole rings is 1. The summed E-state index contributed by atoms with van der Waals surface area (Å²) in [6, 6.07) is 4.55. The molecule has 0 aliphatic heterocycles. The summed E-state index contributed by atoms with van der Waals surface area (Å²) < 4.78 is 0.738. The van der Waals surface area contributed by atoms with E-state index in [0.717, 1.165) is 29.7 Å². The van der Waals surface area contributed by atoms with E-state index in [0.29, 0.717) is 11.4 Å². The summed E-state index contributed by atoms with van der Waals surface area (Å²) in [5, 5.41) is 16.1. The molecule has 2 aromatic rings. The molecular formula is C17H22N4O3S2. The molecule has 1 amide bonds. The predicted octanol–water partition coefficient (Wildman–Crippen LogP) is 3.58. The van der Waals surface area contributed by atoms with E-state index in [2.05, 4.69) is 29.0 Å². The van der Waals surface area contributed by atoms with Crippen LogP contribution < -0.4 is 5.32 Å². The number of rotatable bonds is 9. The number of carbonyl (C=O) groups is 1. The zero-order valence-electron chi connectivity index (χ0n) is 15.0. The second-order valence-electron chi connectivity index (χ2n) is 5.58. The molecule has 0 aliphatic carbocycles. The Morgan fingerprint density at radius 1 is 1.38 bits per heavy atom. The molecule has 26 heavy (non-hydrogen) atoms. The lowest BCUT2D eigenvalue weighted by Gasteiger charge is -2.17. The largest absolute Gasteiger partial charge is 0.351 e. The van der Waals surface area contributed by atoms with Crippen LogP contribution in [0, 0.1) is 17.0 Å². The normalized spacial score (nSPS) is 10.9. The van der Waals surface area contributed by atoms with Gasteiger partial charge in [0.15, 0.2) is 4.34 Å². The van der Waals surface area contributed by atoms with Crippen molar-refractivity contribution in [3.05, 3.63) is 45.0 Å². The molecule has 0 fully saturated rings. The molecule has 140 valence electrons. The number of nitro benzene ring substituents is 1. The number of nitrogens with zero attached hydrogens (tertiary/aromatic N) is 3. The topological polar surface area (TPSA) is 88.4 Å². The van der Waals surface area contributed by atoms with Gasteiger partial charge in [0.1, 0.15) is 0 Å². The van der Waals surface area contributed by atoms with Crippen molar-refractivity contribution in [3.8, 4) is 0 Å². The minimum atomic E-state index is -0.463. The summed E-state index contributed by atoms with van der Waals surface area (Å²) in [6.45, 7) is 9.09. The van der Waals surface area contributed by atoms with E-state index in [1.165, 1.54) is 29.2 Å². The highest BCUT2D eigenvalue weighted by molar-refractivity contribution is 8.01. The van der Waals surface area contributed by atoms with Gasteiger partial charge in [0.25, 0.3) is 11.6 Å². The number of hydrogen-bond donors (Lipinski definition) is 1. The maximum atomic E-state index is 12.3. The third-order valence-corrected chi connectivity index (χ3v) is 5.94. The maximum Gasteiger partial charge on any atom is 0.284 e. The molecule has 2 rings (SSSR count). The molecule has 0 unspecified atom stereocenters. The van der Waals surface area contributed by atoms with Crippen LogP contribution in [0.2, 0.25) is 0 Å². The van der Waals surface area contributed by atoms with Crippen molar-refractivity contribution < 1.29 is 9.72 Å². The van der Waals surface area contributed by atoms with Gasteiger partial charge in [0.05, 0.1) is 9.82 Å². The molecule has 0 saturated heterocycles. The molecule has 0 saturated carbocycles. The van der Waals surface area contributed by atoms with E-state index >= 15 is 0 Å². The van der Waals surface area contributed by atoms with E-state index in [9.17, 15) is 14.9 Å². The number of nitro groups is 1. The third-order valence-electron chi connectivity index (χ3n) is 3.82. The van der Waals surface area contributed by atoms with Gasteiger partial charge in [-0.25, -0.2) is 4.98 Å². The molecule has 0 bridgehead atoms. The minimum absolute atomic E-state index is 0.0840. The lowest BCUT2D eigenvalue weighted by Crippen LogP contribution is -2.34. The van der Waals surface area contributed by atoms with Crippen LogP contribution in [0.5, 0.6) is 0 Å². The highest BCUT2D eigenvalue weighted by Crippen LogP contribution is 2.36. The van der Waals surface area contributed by atoms with Gasteiger partial charge in [-0.2, -0.15) is 0 Å². The van der Waals surface area contributed by atoms with E-state index in [4.69, 9.17) is 0 Å². The molecular weight excluding hydrogens is 372 g/mol. The Morgan fingerprint density at radius 2 is 2.12 bits per heavy atom. The van der Waals surface area contributed by atoms with Crippen molar-refractivity contribution in [2.75, 3.05) is 26.2 Å². The number of likely N-dealkylation sites (N-methyl/N-ethyl adjacent to an activating group) is 1. The summed E-state index contributed by atoms with van der Waals surface area (Å²) >= 11 is 2.68. The molecule has 0 radical (unpaired) electrons. The molecule has 1 aromatic heterocycles. The first-order chi connectivity index (χ1) is 12.4. The van der Waals surface area contributed by atoms with Crippen LogP contribution in [-0.4, -0.2) is 46.9 Å². The van der Waals surface area contributed by atoms with Crippen molar-refractivity contribution >= 4 is 34.7 Å². The molecule has 1 heterocycles. The lowest BCUT2D eigenvalue weighted by atomic mass is 10.2. The number of aryl methyl sites for hydroxylation is 1. The molecule has 1 N–H and O–H groups in total. The summed E-state index contributed by atoms with van der Waals surface area (Å²) in [5.41, 5.74) is 1.08. The quantitative estimate of drug-likeness (QED) is 0.516. The summed E-state index contributed by atoms with van der Waals surface area (Å²) in [4.78, 5) is 30.2. The SMILES string of the molecule is CCN(CC)CCNC(=O)c1ccc(Sc2nc(C)cs2)c([N+](=O)[O-])c1. The Labute approximate surface area is 161 Å². The van der Waals surface area contributed by atoms with Gasteiger partial charge in [-0.05, 0) is 32.1 Å².